The van der Waals surface area contributed by atoms with Crippen LogP contribution in [0.1, 0.15) is 25.3 Å². The molecule has 0 spiro atoms. The van der Waals surface area contributed by atoms with E-state index in [9.17, 15) is 19.8 Å². The molecular weight excluding hydrogens is 455 g/mol. The zero-order valence-corrected chi connectivity index (χ0v) is 19.9. The van der Waals surface area contributed by atoms with Crippen molar-refractivity contribution in [1.82, 2.24) is 24.0 Å². The molecule has 0 amide bonds. The van der Waals surface area contributed by atoms with Gasteiger partial charge in [0.2, 0.25) is 0 Å². The first kappa shape index (κ1) is 22.7. The zero-order valence-electron chi connectivity index (χ0n) is 19.2. The number of H-pyrrole nitrogens is 2. The van der Waals surface area contributed by atoms with Gasteiger partial charge in [0.25, 0.3) is 0 Å². The average molecular weight is 482 g/mol. The molecule has 0 aliphatic carbocycles. The van der Waals surface area contributed by atoms with E-state index >= 15 is 0 Å². The van der Waals surface area contributed by atoms with E-state index in [1.165, 1.54) is 4.57 Å². The summed E-state index contributed by atoms with van der Waals surface area (Å²) in [6.07, 6.45) is 2.43. The first-order chi connectivity index (χ1) is 16.3. The number of aromatic hydroxyl groups is 2. The number of hydrogen-bond donors (Lipinski definition) is 4. The van der Waals surface area contributed by atoms with E-state index in [1.807, 2.05) is 18.5 Å². The maximum atomic E-state index is 12.5. The lowest BCUT2D eigenvalue weighted by Crippen LogP contribution is -2.37. The number of likely N-dealkylation sites (tertiary alicyclic amines) is 1. The van der Waals surface area contributed by atoms with Crippen molar-refractivity contribution in [1.29, 1.82) is 0 Å². The number of rotatable bonds is 5. The Morgan fingerprint density at radius 2 is 1.74 bits per heavy atom. The Morgan fingerprint density at radius 3 is 2.47 bits per heavy atom. The lowest BCUT2D eigenvalue weighted by Gasteiger charge is -2.32. The van der Waals surface area contributed by atoms with Crippen LogP contribution in [-0.2, 0) is 6.54 Å². The first-order valence-corrected chi connectivity index (χ1v) is 11.9. The van der Waals surface area contributed by atoms with Gasteiger partial charge in [0.05, 0.1) is 16.6 Å². The van der Waals surface area contributed by atoms with Crippen LogP contribution in [0.5, 0.6) is 11.5 Å². The van der Waals surface area contributed by atoms with Crippen LogP contribution in [-0.4, -0.2) is 69.5 Å². The Bertz CT molecular complexity index is 1510. The molecule has 34 heavy (non-hydrogen) atoms. The SMILES string of the molecule is Bc1c(O)c(O)c2c([nH]c(=O)n2CCCN2CCC(n3c(=O)[nH]c4cc(Cl)ccc43)CC2)c1B. The highest BCUT2D eigenvalue weighted by Gasteiger charge is 2.24. The molecule has 1 aliphatic rings. The molecule has 1 saturated heterocycles. The molecule has 0 unspecified atom stereocenters. The van der Waals surface area contributed by atoms with E-state index < -0.39 is 0 Å². The standard InChI is InChI=1S/C22H26B2ClN5O4/c23-15-16(24)19(31)20(32)18-17(15)27-21(33)29(18)7-1-6-28-8-4-12(5-9-28)30-14-3-2-11(25)10-13(14)26-22(30)34/h2-3,10,12,31-32H,1,4-9,23-24H2,(H,26,34)(H,27,33). The van der Waals surface area contributed by atoms with Crippen LogP contribution in [0.4, 0.5) is 0 Å². The molecule has 5 rings (SSSR count). The fourth-order valence-electron chi connectivity index (χ4n) is 5.18. The summed E-state index contributed by atoms with van der Waals surface area (Å²) in [5.74, 6) is -0.447. The molecule has 0 saturated carbocycles. The third-order valence-electron chi connectivity index (χ3n) is 7.18. The molecule has 4 aromatic rings. The number of aromatic nitrogens is 4. The van der Waals surface area contributed by atoms with Gasteiger partial charge in [-0.2, -0.15) is 0 Å². The molecule has 12 heteroatoms. The smallest absolute Gasteiger partial charge is 0.326 e. The summed E-state index contributed by atoms with van der Waals surface area (Å²) in [6, 6.07) is 5.59. The summed E-state index contributed by atoms with van der Waals surface area (Å²) in [5.41, 5.74) is 3.44. The number of hydrogen-bond acceptors (Lipinski definition) is 5. The number of nitrogens with zero attached hydrogens (tertiary/aromatic N) is 3. The van der Waals surface area contributed by atoms with Crippen LogP contribution in [0.3, 0.4) is 0 Å². The van der Waals surface area contributed by atoms with E-state index in [4.69, 9.17) is 11.6 Å². The first-order valence-electron chi connectivity index (χ1n) is 11.5. The summed E-state index contributed by atoms with van der Waals surface area (Å²) in [7, 11) is 3.53. The van der Waals surface area contributed by atoms with Gasteiger partial charge >= 0.3 is 11.4 Å². The summed E-state index contributed by atoms with van der Waals surface area (Å²) in [4.78, 5) is 33.1. The van der Waals surface area contributed by atoms with Gasteiger partial charge in [-0.3, -0.25) is 9.13 Å². The Morgan fingerprint density at radius 1 is 1.00 bits per heavy atom. The van der Waals surface area contributed by atoms with Crippen molar-refractivity contribution >= 4 is 60.3 Å². The number of aromatic amines is 2. The predicted octanol–water partition coefficient (Wildman–Crippen LogP) is -0.719. The van der Waals surface area contributed by atoms with Crippen molar-refractivity contribution in [3.8, 4) is 11.5 Å². The van der Waals surface area contributed by atoms with Gasteiger partial charge in [-0.25, -0.2) is 9.59 Å². The molecule has 1 aliphatic heterocycles. The Hall–Kier alpha value is -3.04. The number of phenolic OH excluding ortho intramolecular Hbond substituents is 2. The van der Waals surface area contributed by atoms with Gasteiger partial charge < -0.3 is 25.1 Å². The van der Waals surface area contributed by atoms with E-state index in [2.05, 4.69) is 14.9 Å². The van der Waals surface area contributed by atoms with Crippen molar-refractivity contribution in [3.63, 3.8) is 0 Å². The van der Waals surface area contributed by atoms with Crippen LogP contribution in [0.25, 0.3) is 22.1 Å². The number of fused-ring (bicyclic) bond motifs is 2. The summed E-state index contributed by atoms with van der Waals surface area (Å²) in [5, 5.41) is 21.3. The number of halogens is 1. The maximum absolute atomic E-state index is 12.5. The van der Waals surface area contributed by atoms with Crippen LogP contribution in [0.2, 0.25) is 5.02 Å². The number of aryl methyl sites for hydroxylation is 1. The molecule has 3 heterocycles. The van der Waals surface area contributed by atoms with E-state index in [0.717, 1.165) is 55.4 Å². The molecule has 2 aromatic carbocycles. The van der Waals surface area contributed by atoms with Crippen molar-refractivity contribution in [3.05, 3.63) is 44.2 Å². The Labute approximate surface area is 201 Å². The second-order valence-electron chi connectivity index (χ2n) is 9.14. The highest BCUT2D eigenvalue weighted by atomic mass is 35.5. The third kappa shape index (κ3) is 3.72. The number of benzene rings is 2. The zero-order chi connectivity index (χ0) is 24.1. The molecule has 0 radical (unpaired) electrons. The van der Waals surface area contributed by atoms with Crippen molar-refractivity contribution in [2.45, 2.75) is 31.8 Å². The molecule has 4 N–H and O–H groups in total. The fourth-order valence-corrected chi connectivity index (χ4v) is 5.35. The normalized spacial score (nSPS) is 15.6. The van der Waals surface area contributed by atoms with E-state index in [-0.39, 0.29) is 28.9 Å². The fraction of sp³-hybridized carbons (Fsp3) is 0.364. The Kier molecular flexibility index (Phi) is 5.77. The number of nitrogens with one attached hydrogen (secondary N) is 2. The van der Waals surface area contributed by atoms with Crippen molar-refractivity contribution in [2.24, 2.45) is 0 Å². The van der Waals surface area contributed by atoms with Crippen LogP contribution in [0, 0.1) is 0 Å². The van der Waals surface area contributed by atoms with Crippen molar-refractivity contribution in [2.75, 3.05) is 19.6 Å². The molecule has 0 bridgehead atoms. The van der Waals surface area contributed by atoms with E-state index in [1.54, 1.807) is 20.0 Å². The summed E-state index contributed by atoms with van der Waals surface area (Å²) in [6.45, 7) is 2.92. The third-order valence-corrected chi connectivity index (χ3v) is 7.42. The second-order valence-corrected chi connectivity index (χ2v) is 9.58. The number of imidazole rings is 2. The number of piperidine rings is 1. The van der Waals surface area contributed by atoms with Gasteiger partial charge in [-0.1, -0.05) is 17.1 Å². The largest absolute Gasteiger partial charge is 0.505 e. The predicted molar refractivity (Wildman–Crippen MR) is 139 cm³/mol. The highest BCUT2D eigenvalue weighted by molar-refractivity contribution is 6.53. The highest BCUT2D eigenvalue weighted by Crippen LogP contribution is 2.29. The topological polar surface area (TPSA) is 119 Å². The van der Waals surface area contributed by atoms with E-state index in [0.29, 0.717) is 28.1 Å². The van der Waals surface area contributed by atoms with Gasteiger partial charge in [0, 0.05) is 30.7 Å². The lowest BCUT2D eigenvalue weighted by molar-refractivity contribution is 0.183. The van der Waals surface area contributed by atoms with Crippen LogP contribution in [0.15, 0.2) is 27.8 Å². The van der Waals surface area contributed by atoms with Gasteiger partial charge in [-0.05, 0) is 49.5 Å². The minimum Gasteiger partial charge on any atom is -0.505 e. The molecule has 9 nitrogen and oxygen atoms in total. The molecule has 1 fully saturated rings. The summed E-state index contributed by atoms with van der Waals surface area (Å²) >= 11 is 6.06. The second kappa shape index (κ2) is 8.63. The summed E-state index contributed by atoms with van der Waals surface area (Å²) < 4.78 is 3.34. The number of phenols is 2. The van der Waals surface area contributed by atoms with Gasteiger partial charge in [0.1, 0.15) is 21.2 Å². The quantitative estimate of drug-likeness (QED) is 0.222. The molecule has 0 atom stereocenters. The van der Waals surface area contributed by atoms with Gasteiger partial charge in [-0.15, -0.1) is 0 Å². The maximum Gasteiger partial charge on any atom is 0.326 e. The monoisotopic (exact) mass is 481 g/mol. The Balaban J connectivity index is 1.25. The average Bonchev–Trinajstić information content (AvgIpc) is 3.32. The molecule has 2 aromatic heterocycles. The lowest BCUT2D eigenvalue weighted by atomic mass is 9.79. The van der Waals surface area contributed by atoms with Crippen molar-refractivity contribution < 1.29 is 10.2 Å². The van der Waals surface area contributed by atoms with Crippen LogP contribution < -0.4 is 22.3 Å². The molecular formula is C22H26B2ClN5O4. The minimum atomic E-state index is -0.295. The molecule has 176 valence electrons. The minimum absolute atomic E-state index is 0.108. The van der Waals surface area contributed by atoms with Gasteiger partial charge in [0.15, 0.2) is 11.5 Å². The van der Waals surface area contributed by atoms with Crippen LogP contribution >= 0.6 is 11.6 Å².